The Kier molecular flexibility index (Phi) is 4.94. The third-order valence-corrected chi connectivity index (χ3v) is 5.38. The van der Waals surface area contributed by atoms with Crippen LogP contribution in [0.2, 0.25) is 0 Å². The largest absolute Gasteiger partial charge is 0.486 e. The number of benzene rings is 2. The third-order valence-electron chi connectivity index (χ3n) is 5.38. The van der Waals surface area contributed by atoms with Crippen molar-refractivity contribution in [1.82, 2.24) is 5.32 Å². The molecule has 1 amide bonds. The van der Waals surface area contributed by atoms with E-state index in [0.29, 0.717) is 13.2 Å². The number of hydrogen-bond acceptors (Lipinski definition) is 4. The second-order valence-corrected chi connectivity index (χ2v) is 7.37. The minimum Gasteiger partial charge on any atom is -0.486 e. The van der Waals surface area contributed by atoms with Gasteiger partial charge in [-0.3, -0.25) is 9.59 Å². The third kappa shape index (κ3) is 3.81. The van der Waals surface area contributed by atoms with Gasteiger partial charge in [-0.2, -0.15) is 0 Å². The first-order valence-electron chi connectivity index (χ1n) is 9.50. The highest BCUT2D eigenvalue weighted by molar-refractivity contribution is 5.84. The smallest absolute Gasteiger partial charge is 0.305 e. The molecule has 3 atom stereocenters. The summed E-state index contributed by atoms with van der Waals surface area (Å²) in [4.78, 5) is 24.1. The predicted molar refractivity (Wildman–Crippen MR) is 103 cm³/mol. The fourth-order valence-corrected chi connectivity index (χ4v) is 3.81. The van der Waals surface area contributed by atoms with Crippen LogP contribution in [0.3, 0.4) is 0 Å². The molecule has 6 heteroatoms. The Labute approximate surface area is 163 Å². The molecule has 0 spiro atoms. The Morgan fingerprint density at radius 1 is 1.14 bits per heavy atom. The van der Waals surface area contributed by atoms with Gasteiger partial charge in [0.1, 0.15) is 13.2 Å². The number of aliphatic carboxylic acids is 1. The number of carboxylic acids is 1. The molecule has 0 radical (unpaired) electrons. The van der Waals surface area contributed by atoms with E-state index in [0.717, 1.165) is 34.6 Å². The normalized spacial score (nSPS) is 20.9. The van der Waals surface area contributed by atoms with E-state index in [1.807, 2.05) is 49.4 Å². The van der Waals surface area contributed by atoms with Gasteiger partial charge in [0.05, 0.1) is 12.5 Å². The van der Waals surface area contributed by atoms with Crippen LogP contribution in [0.25, 0.3) is 0 Å². The Morgan fingerprint density at radius 3 is 2.64 bits per heavy atom. The summed E-state index contributed by atoms with van der Waals surface area (Å²) in [6, 6.07) is 12.8. The first-order chi connectivity index (χ1) is 13.5. The van der Waals surface area contributed by atoms with Gasteiger partial charge in [0.25, 0.3) is 0 Å². The Hall–Kier alpha value is -3.02. The second kappa shape index (κ2) is 7.54. The summed E-state index contributed by atoms with van der Waals surface area (Å²) >= 11 is 0. The number of amides is 1. The summed E-state index contributed by atoms with van der Waals surface area (Å²) in [7, 11) is 0. The molecule has 1 saturated carbocycles. The summed E-state index contributed by atoms with van der Waals surface area (Å²) in [5, 5.41) is 12.2. The van der Waals surface area contributed by atoms with Gasteiger partial charge in [0, 0.05) is 5.92 Å². The predicted octanol–water partition coefficient (Wildman–Crippen LogP) is 3.20. The number of carboxylic acid groups (broad SMARTS) is 1. The first kappa shape index (κ1) is 18.3. The van der Waals surface area contributed by atoms with Crippen molar-refractivity contribution >= 4 is 11.9 Å². The average molecular weight is 381 g/mol. The fourth-order valence-electron chi connectivity index (χ4n) is 3.81. The molecule has 1 aliphatic heterocycles. The van der Waals surface area contributed by atoms with Crippen LogP contribution < -0.4 is 14.8 Å². The summed E-state index contributed by atoms with van der Waals surface area (Å²) in [5.41, 5.74) is 2.86. The van der Waals surface area contributed by atoms with Crippen LogP contribution in [0.5, 0.6) is 11.5 Å². The topological polar surface area (TPSA) is 84.9 Å². The van der Waals surface area contributed by atoms with Crippen molar-refractivity contribution in [3.8, 4) is 11.5 Å². The van der Waals surface area contributed by atoms with E-state index in [1.165, 1.54) is 0 Å². The van der Waals surface area contributed by atoms with Crippen LogP contribution in [0, 0.1) is 12.8 Å². The van der Waals surface area contributed by atoms with Gasteiger partial charge >= 0.3 is 5.97 Å². The zero-order chi connectivity index (χ0) is 19.7. The number of nitrogens with one attached hydrogen (secondary N) is 1. The van der Waals surface area contributed by atoms with Gasteiger partial charge in [-0.05, 0) is 48.1 Å². The number of ether oxygens (including phenoxy) is 2. The molecule has 0 bridgehead atoms. The Bertz CT molecular complexity index is 910. The highest BCUT2D eigenvalue weighted by Gasteiger charge is 2.45. The Balaban J connectivity index is 1.46. The fraction of sp³-hybridized carbons (Fsp3) is 0.364. The molecule has 4 rings (SSSR count). The van der Waals surface area contributed by atoms with E-state index in [1.54, 1.807) is 0 Å². The van der Waals surface area contributed by atoms with Crippen molar-refractivity contribution in [3.05, 3.63) is 59.2 Å². The van der Waals surface area contributed by atoms with Gasteiger partial charge < -0.3 is 19.9 Å². The van der Waals surface area contributed by atoms with Crippen LogP contribution in [-0.4, -0.2) is 30.2 Å². The monoisotopic (exact) mass is 381 g/mol. The maximum atomic E-state index is 12.8. The van der Waals surface area contributed by atoms with E-state index >= 15 is 0 Å². The molecule has 0 aromatic heterocycles. The van der Waals surface area contributed by atoms with E-state index < -0.39 is 12.0 Å². The number of aryl methyl sites for hydroxylation is 1. The van der Waals surface area contributed by atoms with Crippen molar-refractivity contribution in [2.75, 3.05) is 13.2 Å². The number of carbonyl (C=O) groups is 2. The van der Waals surface area contributed by atoms with Crippen LogP contribution in [0.15, 0.2) is 42.5 Å². The lowest BCUT2D eigenvalue weighted by Gasteiger charge is -2.20. The molecule has 0 saturated heterocycles. The standard InChI is InChI=1S/C22H23NO5/c1-13-4-2-3-5-15(13)18(12-21(24)25)23-22(26)17-11-16(17)14-6-7-19-20(10-14)28-9-8-27-19/h2-7,10,16-18H,8-9,11-12H2,1H3,(H,23,26)(H,24,25). The summed E-state index contributed by atoms with van der Waals surface area (Å²) in [6.45, 7) is 2.99. The summed E-state index contributed by atoms with van der Waals surface area (Å²) in [5.74, 6) is 0.388. The second-order valence-electron chi connectivity index (χ2n) is 7.37. The SMILES string of the molecule is Cc1ccccc1C(CC(=O)O)NC(=O)C1CC1c1ccc2c(c1)OCCO2. The molecule has 1 heterocycles. The van der Waals surface area contributed by atoms with Crippen molar-refractivity contribution < 1.29 is 24.2 Å². The van der Waals surface area contributed by atoms with E-state index in [-0.39, 0.29) is 24.2 Å². The van der Waals surface area contributed by atoms with Crippen molar-refractivity contribution in [3.63, 3.8) is 0 Å². The molecule has 1 aliphatic carbocycles. The van der Waals surface area contributed by atoms with Gasteiger partial charge in [0.15, 0.2) is 11.5 Å². The first-order valence-corrected chi connectivity index (χ1v) is 9.50. The van der Waals surface area contributed by atoms with Gasteiger partial charge in [0.2, 0.25) is 5.91 Å². The zero-order valence-corrected chi connectivity index (χ0v) is 15.7. The van der Waals surface area contributed by atoms with Crippen molar-refractivity contribution in [1.29, 1.82) is 0 Å². The number of hydrogen-bond donors (Lipinski definition) is 2. The number of carbonyl (C=O) groups excluding carboxylic acids is 1. The van der Waals surface area contributed by atoms with Crippen molar-refractivity contribution in [2.24, 2.45) is 5.92 Å². The molecule has 3 unspecified atom stereocenters. The summed E-state index contributed by atoms with van der Waals surface area (Å²) in [6.07, 6.45) is 0.608. The van der Waals surface area contributed by atoms with E-state index in [4.69, 9.17) is 9.47 Å². The lowest BCUT2D eigenvalue weighted by atomic mass is 9.98. The average Bonchev–Trinajstić information content (AvgIpc) is 3.48. The maximum Gasteiger partial charge on any atom is 0.305 e. The molecule has 28 heavy (non-hydrogen) atoms. The highest BCUT2D eigenvalue weighted by Crippen LogP contribution is 2.49. The maximum absolute atomic E-state index is 12.8. The van der Waals surface area contributed by atoms with Gasteiger partial charge in [-0.25, -0.2) is 0 Å². The highest BCUT2D eigenvalue weighted by atomic mass is 16.6. The molecule has 2 aromatic carbocycles. The molecular formula is C22H23NO5. The van der Waals surface area contributed by atoms with Gasteiger partial charge in [-0.15, -0.1) is 0 Å². The molecule has 1 fully saturated rings. The van der Waals surface area contributed by atoms with Crippen LogP contribution in [0.1, 0.15) is 41.5 Å². The minimum atomic E-state index is -0.937. The summed E-state index contributed by atoms with van der Waals surface area (Å²) < 4.78 is 11.2. The lowest BCUT2D eigenvalue weighted by molar-refractivity contribution is -0.137. The molecule has 2 N–H and O–H groups in total. The van der Waals surface area contributed by atoms with Crippen molar-refractivity contribution in [2.45, 2.75) is 31.7 Å². The molecular weight excluding hydrogens is 358 g/mol. The van der Waals surface area contributed by atoms with E-state index in [9.17, 15) is 14.7 Å². The Morgan fingerprint density at radius 2 is 1.89 bits per heavy atom. The number of fused-ring (bicyclic) bond motifs is 1. The quantitative estimate of drug-likeness (QED) is 0.803. The van der Waals surface area contributed by atoms with Crippen LogP contribution in [0.4, 0.5) is 0 Å². The number of rotatable bonds is 6. The minimum absolute atomic E-state index is 0.102. The van der Waals surface area contributed by atoms with Crippen LogP contribution in [-0.2, 0) is 9.59 Å². The lowest BCUT2D eigenvalue weighted by Crippen LogP contribution is -2.32. The molecule has 6 nitrogen and oxygen atoms in total. The van der Waals surface area contributed by atoms with E-state index in [2.05, 4.69) is 5.32 Å². The zero-order valence-electron chi connectivity index (χ0n) is 15.7. The van der Waals surface area contributed by atoms with Gasteiger partial charge in [-0.1, -0.05) is 30.3 Å². The molecule has 2 aliphatic rings. The van der Waals surface area contributed by atoms with Crippen LogP contribution >= 0.6 is 0 Å². The molecule has 2 aromatic rings. The molecule has 146 valence electrons.